The maximum atomic E-state index is 4.15. The van der Waals surface area contributed by atoms with Crippen molar-refractivity contribution in [3.8, 4) is 22.4 Å². The molecule has 0 spiro atoms. The standard InChI is InChI=1S/C15H12N2.C5H5N/c1-3-7-12(8-4-1)14-11-16-17-15(14)13-9-5-2-6-10-13;1-2-4-6-5-3-1/h1-11H,(H,16,17);1-5H. The van der Waals surface area contributed by atoms with Crippen LogP contribution in [-0.2, 0) is 0 Å². The van der Waals surface area contributed by atoms with E-state index in [0.29, 0.717) is 0 Å². The molecule has 0 amide bonds. The predicted molar refractivity (Wildman–Crippen MR) is 93.7 cm³/mol. The molecule has 0 aliphatic rings. The van der Waals surface area contributed by atoms with Crippen LogP contribution in [-0.4, -0.2) is 15.2 Å². The summed E-state index contributed by atoms with van der Waals surface area (Å²) in [5.74, 6) is 0. The Hall–Kier alpha value is -3.20. The maximum Gasteiger partial charge on any atom is 0.0728 e. The fourth-order valence-electron chi connectivity index (χ4n) is 2.26. The number of rotatable bonds is 2. The summed E-state index contributed by atoms with van der Waals surface area (Å²) < 4.78 is 0. The summed E-state index contributed by atoms with van der Waals surface area (Å²) in [5.41, 5.74) is 4.54. The first-order valence-corrected chi connectivity index (χ1v) is 7.44. The van der Waals surface area contributed by atoms with Crippen LogP contribution in [0.3, 0.4) is 0 Å². The van der Waals surface area contributed by atoms with Gasteiger partial charge in [0.25, 0.3) is 0 Å². The summed E-state index contributed by atoms with van der Waals surface area (Å²) in [5, 5.41) is 7.22. The van der Waals surface area contributed by atoms with E-state index in [9.17, 15) is 0 Å². The predicted octanol–water partition coefficient (Wildman–Crippen LogP) is 4.83. The van der Waals surface area contributed by atoms with Gasteiger partial charge in [-0.2, -0.15) is 5.10 Å². The third-order valence-electron chi connectivity index (χ3n) is 3.35. The van der Waals surface area contributed by atoms with Crippen LogP contribution >= 0.6 is 0 Å². The number of nitrogens with zero attached hydrogens (tertiary/aromatic N) is 2. The van der Waals surface area contributed by atoms with E-state index in [2.05, 4.69) is 39.4 Å². The molecule has 4 rings (SSSR count). The lowest BCUT2D eigenvalue weighted by molar-refractivity contribution is 1.10. The average Bonchev–Trinajstić information content (AvgIpc) is 3.15. The molecular weight excluding hydrogens is 282 g/mol. The second kappa shape index (κ2) is 7.71. The molecule has 0 atom stereocenters. The molecular formula is C20H17N3. The number of nitrogens with one attached hydrogen (secondary N) is 1. The first-order chi connectivity index (χ1) is 11.4. The molecule has 0 aliphatic heterocycles. The third kappa shape index (κ3) is 3.92. The number of hydrogen-bond donors (Lipinski definition) is 1. The van der Waals surface area contributed by atoms with Crippen molar-refractivity contribution in [1.82, 2.24) is 15.2 Å². The van der Waals surface area contributed by atoms with E-state index in [1.165, 1.54) is 5.56 Å². The van der Waals surface area contributed by atoms with Crippen LogP contribution in [0.5, 0.6) is 0 Å². The van der Waals surface area contributed by atoms with Crippen molar-refractivity contribution in [3.05, 3.63) is 97.5 Å². The largest absolute Gasteiger partial charge is 0.277 e. The highest BCUT2D eigenvalue weighted by Crippen LogP contribution is 2.29. The Labute approximate surface area is 135 Å². The van der Waals surface area contributed by atoms with E-state index in [-0.39, 0.29) is 0 Å². The minimum atomic E-state index is 1.07. The third-order valence-corrected chi connectivity index (χ3v) is 3.35. The molecule has 23 heavy (non-hydrogen) atoms. The van der Waals surface area contributed by atoms with E-state index in [1.807, 2.05) is 60.8 Å². The van der Waals surface area contributed by atoms with E-state index in [0.717, 1.165) is 16.8 Å². The highest BCUT2D eigenvalue weighted by molar-refractivity contribution is 5.80. The lowest BCUT2D eigenvalue weighted by atomic mass is 10.0. The summed E-state index contributed by atoms with van der Waals surface area (Å²) in [6.07, 6.45) is 5.37. The number of pyridine rings is 1. The van der Waals surface area contributed by atoms with Crippen LogP contribution in [0.15, 0.2) is 97.5 Å². The lowest BCUT2D eigenvalue weighted by Crippen LogP contribution is -1.81. The summed E-state index contributed by atoms with van der Waals surface area (Å²) in [6.45, 7) is 0. The zero-order chi connectivity index (χ0) is 15.7. The Bertz CT molecular complexity index is 728. The fraction of sp³-hybridized carbons (Fsp3) is 0. The second-order valence-electron chi connectivity index (χ2n) is 4.92. The summed E-state index contributed by atoms with van der Waals surface area (Å²) in [4.78, 5) is 3.78. The van der Waals surface area contributed by atoms with Crippen LogP contribution in [0, 0.1) is 0 Å². The molecule has 2 heterocycles. The molecule has 112 valence electrons. The molecule has 0 aliphatic carbocycles. The Morgan fingerprint density at radius 3 is 1.70 bits per heavy atom. The van der Waals surface area contributed by atoms with Gasteiger partial charge < -0.3 is 0 Å². The molecule has 1 N–H and O–H groups in total. The number of aromatic nitrogens is 3. The van der Waals surface area contributed by atoms with Crippen molar-refractivity contribution in [2.24, 2.45) is 0 Å². The maximum absolute atomic E-state index is 4.15. The Morgan fingerprint density at radius 2 is 1.17 bits per heavy atom. The topological polar surface area (TPSA) is 41.6 Å². The van der Waals surface area contributed by atoms with E-state index in [4.69, 9.17) is 0 Å². The number of aromatic amines is 1. The number of H-pyrrole nitrogens is 1. The number of benzene rings is 2. The van der Waals surface area contributed by atoms with Gasteiger partial charge in [-0.05, 0) is 17.7 Å². The fourth-order valence-corrected chi connectivity index (χ4v) is 2.26. The highest BCUT2D eigenvalue weighted by atomic mass is 15.1. The van der Waals surface area contributed by atoms with Crippen LogP contribution in [0.1, 0.15) is 0 Å². The average molecular weight is 299 g/mol. The number of hydrogen-bond acceptors (Lipinski definition) is 2. The minimum absolute atomic E-state index is 1.07. The quantitative estimate of drug-likeness (QED) is 0.576. The van der Waals surface area contributed by atoms with Gasteiger partial charge in [-0.3, -0.25) is 10.1 Å². The first kappa shape index (κ1) is 14.7. The van der Waals surface area contributed by atoms with E-state index in [1.54, 1.807) is 12.4 Å². The normalized spacial score (nSPS) is 9.74. The van der Waals surface area contributed by atoms with Gasteiger partial charge in [0, 0.05) is 23.5 Å². The summed E-state index contributed by atoms with van der Waals surface area (Å²) in [6, 6.07) is 26.2. The van der Waals surface area contributed by atoms with Gasteiger partial charge in [0.15, 0.2) is 0 Å². The zero-order valence-corrected chi connectivity index (χ0v) is 12.6. The highest BCUT2D eigenvalue weighted by Gasteiger charge is 2.08. The molecule has 0 saturated carbocycles. The van der Waals surface area contributed by atoms with E-state index >= 15 is 0 Å². The van der Waals surface area contributed by atoms with Gasteiger partial charge in [-0.15, -0.1) is 0 Å². The van der Waals surface area contributed by atoms with Crippen molar-refractivity contribution in [2.45, 2.75) is 0 Å². The minimum Gasteiger partial charge on any atom is -0.277 e. The molecule has 0 bridgehead atoms. The van der Waals surface area contributed by atoms with Gasteiger partial charge in [0.05, 0.1) is 11.9 Å². The second-order valence-corrected chi connectivity index (χ2v) is 4.92. The van der Waals surface area contributed by atoms with Crippen LogP contribution in [0.4, 0.5) is 0 Å². The van der Waals surface area contributed by atoms with Gasteiger partial charge >= 0.3 is 0 Å². The lowest BCUT2D eigenvalue weighted by Gasteiger charge is -2.02. The molecule has 4 aromatic rings. The Balaban J connectivity index is 0.000000220. The SMILES string of the molecule is c1ccc(-c2cn[nH]c2-c2ccccc2)cc1.c1ccncc1. The van der Waals surface area contributed by atoms with Crippen molar-refractivity contribution in [2.75, 3.05) is 0 Å². The van der Waals surface area contributed by atoms with Gasteiger partial charge in [-0.25, -0.2) is 0 Å². The molecule has 0 saturated heterocycles. The molecule has 0 unspecified atom stereocenters. The molecule has 0 fully saturated rings. The van der Waals surface area contributed by atoms with Crippen molar-refractivity contribution < 1.29 is 0 Å². The van der Waals surface area contributed by atoms with E-state index < -0.39 is 0 Å². The van der Waals surface area contributed by atoms with Gasteiger partial charge in [0.2, 0.25) is 0 Å². The monoisotopic (exact) mass is 299 g/mol. The molecule has 3 nitrogen and oxygen atoms in total. The molecule has 2 aromatic heterocycles. The van der Waals surface area contributed by atoms with Crippen molar-refractivity contribution in [1.29, 1.82) is 0 Å². The van der Waals surface area contributed by atoms with Crippen molar-refractivity contribution in [3.63, 3.8) is 0 Å². The molecule has 3 heteroatoms. The van der Waals surface area contributed by atoms with Crippen LogP contribution < -0.4 is 0 Å². The van der Waals surface area contributed by atoms with Gasteiger partial charge in [-0.1, -0.05) is 66.7 Å². The summed E-state index contributed by atoms with van der Waals surface area (Å²) >= 11 is 0. The summed E-state index contributed by atoms with van der Waals surface area (Å²) in [7, 11) is 0. The Kier molecular flexibility index (Phi) is 4.93. The van der Waals surface area contributed by atoms with Crippen LogP contribution in [0.25, 0.3) is 22.4 Å². The van der Waals surface area contributed by atoms with Crippen LogP contribution in [0.2, 0.25) is 0 Å². The molecule has 2 aromatic carbocycles. The first-order valence-electron chi connectivity index (χ1n) is 7.44. The Morgan fingerprint density at radius 1 is 0.609 bits per heavy atom. The van der Waals surface area contributed by atoms with Gasteiger partial charge in [0.1, 0.15) is 0 Å². The molecule has 0 radical (unpaired) electrons. The zero-order valence-electron chi connectivity index (χ0n) is 12.6. The smallest absolute Gasteiger partial charge is 0.0728 e. The van der Waals surface area contributed by atoms with Crippen molar-refractivity contribution >= 4 is 0 Å².